The second kappa shape index (κ2) is 7.80. The Morgan fingerprint density at radius 3 is 2.63 bits per heavy atom. The molecule has 1 fully saturated rings. The topological polar surface area (TPSA) is 62.4 Å². The zero-order valence-corrected chi connectivity index (χ0v) is 14.9. The average Bonchev–Trinajstić information content (AvgIpc) is 3.00. The Bertz CT molecular complexity index is 858. The van der Waals surface area contributed by atoms with Crippen LogP contribution in [0.1, 0.15) is 18.4 Å². The standard InChI is InChI=1S/C21H22FN3O2/c22-15-1-6-18-19(21(26)25-20(18)11-15)13-24-17-4-2-16(3-5-17)23-12-14-7-9-27-10-8-14/h1-6,11,13-14,23-24H,7-10,12H2,(H,25,26). The van der Waals surface area contributed by atoms with Gasteiger partial charge in [0.25, 0.3) is 5.91 Å². The van der Waals surface area contributed by atoms with E-state index in [-0.39, 0.29) is 11.7 Å². The van der Waals surface area contributed by atoms with Crippen LogP contribution in [0, 0.1) is 11.7 Å². The number of rotatable bonds is 5. The number of hydrogen-bond acceptors (Lipinski definition) is 4. The van der Waals surface area contributed by atoms with Gasteiger partial charge in [0, 0.05) is 42.9 Å². The predicted molar refractivity (Wildman–Crippen MR) is 105 cm³/mol. The minimum Gasteiger partial charge on any atom is -0.385 e. The maximum Gasteiger partial charge on any atom is 0.257 e. The van der Waals surface area contributed by atoms with Gasteiger partial charge in [-0.3, -0.25) is 4.79 Å². The summed E-state index contributed by atoms with van der Waals surface area (Å²) in [6.45, 7) is 2.66. The molecule has 6 heteroatoms. The molecule has 0 atom stereocenters. The first kappa shape index (κ1) is 17.5. The molecule has 1 amide bonds. The lowest BCUT2D eigenvalue weighted by molar-refractivity contribution is -0.110. The van der Waals surface area contributed by atoms with Gasteiger partial charge in [-0.15, -0.1) is 0 Å². The molecule has 2 aliphatic heterocycles. The van der Waals surface area contributed by atoms with Gasteiger partial charge in [-0.1, -0.05) is 0 Å². The van der Waals surface area contributed by atoms with Gasteiger partial charge in [0.1, 0.15) is 5.82 Å². The molecule has 140 valence electrons. The second-order valence-corrected chi connectivity index (χ2v) is 6.86. The molecule has 0 aromatic heterocycles. The van der Waals surface area contributed by atoms with Gasteiger partial charge < -0.3 is 20.7 Å². The van der Waals surface area contributed by atoms with Crippen LogP contribution in [0.25, 0.3) is 5.57 Å². The fraction of sp³-hybridized carbons (Fsp3) is 0.286. The van der Waals surface area contributed by atoms with Gasteiger partial charge in [0.15, 0.2) is 0 Å². The third-order valence-electron chi connectivity index (χ3n) is 4.97. The molecular formula is C21H22FN3O2. The largest absolute Gasteiger partial charge is 0.385 e. The van der Waals surface area contributed by atoms with Gasteiger partial charge in [0.2, 0.25) is 0 Å². The quantitative estimate of drug-likeness (QED) is 0.697. The van der Waals surface area contributed by atoms with Crippen LogP contribution < -0.4 is 16.0 Å². The summed E-state index contributed by atoms with van der Waals surface area (Å²) in [4.78, 5) is 12.1. The van der Waals surface area contributed by atoms with Crippen molar-refractivity contribution in [2.75, 3.05) is 35.7 Å². The predicted octanol–water partition coefficient (Wildman–Crippen LogP) is 4.07. The lowest BCUT2D eigenvalue weighted by atomic mass is 10.0. The van der Waals surface area contributed by atoms with Crippen LogP contribution in [-0.4, -0.2) is 25.7 Å². The number of amides is 1. The molecule has 2 aromatic rings. The molecule has 3 N–H and O–H groups in total. The number of carbonyl (C=O) groups excluding carboxylic acids is 1. The van der Waals surface area contributed by atoms with Gasteiger partial charge in [-0.05, 0) is 61.2 Å². The molecule has 0 saturated carbocycles. The first-order valence-electron chi connectivity index (χ1n) is 9.19. The van der Waals surface area contributed by atoms with Crippen molar-refractivity contribution in [3.63, 3.8) is 0 Å². The van der Waals surface area contributed by atoms with Crippen LogP contribution in [-0.2, 0) is 9.53 Å². The molecule has 0 unspecified atom stereocenters. The summed E-state index contributed by atoms with van der Waals surface area (Å²) in [6.07, 6.45) is 3.87. The zero-order valence-electron chi connectivity index (χ0n) is 14.9. The molecule has 0 spiro atoms. The number of carbonyl (C=O) groups is 1. The molecule has 1 saturated heterocycles. The highest BCUT2D eigenvalue weighted by Gasteiger charge is 2.24. The van der Waals surface area contributed by atoms with Crippen LogP contribution in [0.15, 0.2) is 48.7 Å². The third kappa shape index (κ3) is 4.11. The van der Waals surface area contributed by atoms with Gasteiger partial charge >= 0.3 is 0 Å². The molecule has 2 aromatic carbocycles. The normalized spacial score (nSPS) is 18.3. The first-order chi connectivity index (χ1) is 13.2. The highest BCUT2D eigenvalue weighted by molar-refractivity contribution is 6.31. The van der Waals surface area contributed by atoms with E-state index in [2.05, 4.69) is 16.0 Å². The fourth-order valence-corrected chi connectivity index (χ4v) is 3.36. The number of nitrogens with one attached hydrogen (secondary N) is 3. The molecule has 27 heavy (non-hydrogen) atoms. The van der Waals surface area contributed by atoms with Crippen molar-refractivity contribution in [3.05, 3.63) is 60.0 Å². The van der Waals surface area contributed by atoms with E-state index >= 15 is 0 Å². The van der Waals surface area contributed by atoms with Crippen LogP contribution >= 0.6 is 0 Å². The third-order valence-corrected chi connectivity index (χ3v) is 4.97. The Kier molecular flexibility index (Phi) is 5.07. The van der Waals surface area contributed by atoms with Crippen molar-refractivity contribution in [1.82, 2.24) is 0 Å². The summed E-state index contributed by atoms with van der Waals surface area (Å²) in [6, 6.07) is 12.2. The molecule has 0 aliphatic carbocycles. The Morgan fingerprint density at radius 2 is 1.85 bits per heavy atom. The molecular weight excluding hydrogens is 345 g/mol. The number of ether oxygens (including phenoxy) is 1. The van der Waals surface area contributed by atoms with E-state index in [1.54, 1.807) is 12.3 Å². The van der Waals surface area contributed by atoms with E-state index < -0.39 is 0 Å². The number of hydrogen-bond donors (Lipinski definition) is 3. The van der Waals surface area contributed by atoms with Crippen molar-refractivity contribution in [1.29, 1.82) is 0 Å². The molecule has 2 aliphatic rings. The lowest BCUT2D eigenvalue weighted by Crippen LogP contribution is -2.22. The average molecular weight is 367 g/mol. The number of halogens is 1. The van der Waals surface area contributed by atoms with Gasteiger partial charge in [0.05, 0.1) is 11.3 Å². The number of fused-ring (bicyclic) bond motifs is 1. The molecule has 0 bridgehead atoms. The summed E-state index contributed by atoms with van der Waals surface area (Å²) in [5.74, 6) is 0.0528. The molecule has 5 nitrogen and oxygen atoms in total. The van der Waals surface area contributed by atoms with Crippen LogP contribution in [0.3, 0.4) is 0 Å². The van der Waals surface area contributed by atoms with Crippen LogP contribution in [0.2, 0.25) is 0 Å². The maximum absolute atomic E-state index is 13.3. The molecule has 2 heterocycles. The highest BCUT2D eigenvalue weighted by Crippen LogP contribution is 2.32. The monoisotopic (exact) mass is 367 g/mol. The number of benzene rings is 2. The van der Waals surface area contributed by atoms with Crippen LogP contribution in [0.4, 0.5) is 21.5 Å². The van der Waals surface area contributed by atoms with Gasteiger partial charge in [-0.25, -0.2) is 4.39 Å². The summed E-state index contributed by atoms with van der Waals surface area (Å²) in [5, 5.41) is 9.29. The van der Waals surface area contributed by atoms with Crippen molar-refractivity contribution in [2.45, 2.75) is 12.8 Å². The summed E-state index contributed by atoms with van der Waals surface area (Å²) in [5.41, 5.74) is 3.64. The second-order valence-electron chi connectivity index (χ2n) is 6.86. The Hall–Kier alpha value is -2.86. The smallest absolute Gasteiger partial charge is 0.257 e. The summed E-state index contributed by atoms with van der Waals surface area (Å²) < 4.78 is 18.7. The van der Waals surface area contributed by atoms with Crippen molar-refractivity contribution in [2.24, 2.45) is 5.92 Å². The van der Waals surface area contributed by atoms with Crippen molar-refractivity contribution < 1.29 is 13.9 Å². The van der Waals surface area contributed by atoms with Crippen molar-refractivity contribution in [3.8, 4) is 0 Å². The zero-order chi connectivity index (χ0) is 18.6. The maximum atomic E-state index is 13.3. The summed E-state index contributed by atoms with van der Waals surface area (Å²) >= 11 is 0. The van der Waals surface area contributed by atoms with E-state index in [1.165, 1.54) is 12.1 Å². The first-order valence-corrected chi connectivity index (χ1v) is 9.19. The minimum absolute atomic E-state index is 0.238. The molecule has 0 radical (unpaired) electrons. The minimum atomic E-state index is -0.368. The van der Waals surface area contributed by atoms with Crippen LogP contribution in [0.5, 0.6) is 0 Å². The fourth-order valence-electron chi connectivity index (χ4n) is 3.36. The van der Waals surface area contributed by atoms with E-state index in [0.29, 0.717) is 22.7 Å². The lowest BCUT2D eigenvalue weighted by Gasteiger charge is -2.22. The SMILES string of the molecule is O=C1Nc2cc(F)ccc2C1=CNc1ccc(NCC2CCOCC2)cc1. The Morgan fingerprint density at radius 1 is 1.11 bits per heavy atom. The Balaban J connectivity index is 1.37. The van der Waals surface area contributed by atoms with Crippen molar-refractivity contribution >= 4 is 28.5 Å². The Labute approximate surface area is 157 Å². The van der Waals surface area contributed by atoms with Gasteiger partial charge in [-0.2, -0.15) is 0 Å². The highest BCUT2D eigenvalue weighted by atomic mass is 19.1. The number of anilines is 3. The van der Waals surface area contributed by atoms with E-state index in [4.69, 9.17) is 4.74 Å². The van der Waals surface area contributed by atoms with E-state index in [0.717, 1.165) is 44.0 Å². The molecule has 4 rings (SSSR count). The van der Waals surface area contributed by atoms with E-state index in [9.17, 15) is 9.18 Å². The summed E-state index contributed by atoms with van der Waals surface area (Å²) in [7, 11) is 0. The van der Waals surface area contributed by atoms with E-state index in [1.807, 2.05) is 24.3 Å².